The molecule has 0 bridgehead atoms. The molecule has 0 saturated carbocycles. The van der Waals surface area contributed by atoms with Crippen molar-refractivity contribution < 1.29 is 19.4 Å². The number of rotatable bonds is 11. The fourth-order valence-electron chi connectivity index (χ4n) is 6.79. The van der Waals surface area contributed by atoms with Crippen LogP contribution in [0.3, 0.4) is 0 Å². The standard InChI is InChI=1S/C44H44N4O4/c1-29-41(27-48(3)30(2)33-11-5-4-6-12-33)51-44(52-42(29)35-18-16-31(28-49)17-19-35)36-22-20-34(21-23-36)37-13-9-10-32(24-37)25-46-43(50)40-26-45-38-14-7-8-15-39(38)47-40/h4-24,26,29-30,41-42,44,49H,25,27-28H2,1-3H3,(H,46,50). The van der Waals surface area contributed by atoms with E-state index in [1.807, 2.05) is 54.6 Å². The van der Waals surface area contributed by atoms with Crippen LogP contribution < -0.4 is 5.32 Å². The highest BCUT2D eigenvalue weighted by Crippen LogP contribution is 2.42. The molecule has 1 fully saturated rings. The summed E-state index contributed by atoms with van der Waals surface area (Å²) in [6.07, 6.45) is 0.670. The Hall–Kier alpha value is -5.25. The predicted octanol–water partition coefficient (Wildman–Crippen LogP) is 8.20. The zero-order valence-electron chi connectivity index (χ0n) is 29.7. The quantitative estimate of drug-likeness (QED) is 0.141. The monoisotopic (exact) mass is 692 g/mol. The first kappa shape index (κ1) is 35.2. The largest absolute Gasteiger partial charge is 0.392 e. The Kier molecular flexibility index (Phi) is 10.8. The fourth-order valence-corrected chi connectivity index (χ4v) is 6.79. The number of benzene rings is 5. The van der Waals surface area contributed by atoms with E-state index in [1.54, 1.807) is 0 Å². The van der Waals surface area contributed by atoms with E-state index in [0.29, 0.717) is 12.1 Å². The number of para-hydroxylation sites is 2. The minimum absolute atomic E-state index is 0.00228. The molecule has 7 rings (SSSR count). The lowest BCUT2D eigenvalue weighted by Gasteiger charge is -2.43. The van der Waals surface area contributed by atoms with Gasteiger partial charge in [0.1, 0.15) is 5.69 Å². The van der Waals surface area contributed by atoms with Gasteiger partial charge in [-0.2, -0.15) is 0 Å². The minimum Gasteiger partial charge on any atom is -0.392 e. The van der Waals surface area contributed by atoms with Gasteiger partial charge >= 0.3 is 0 Å². The van der Waals surface area contributed by atoms with Crippen LogP contribution in [0.25, 0.3) is 22.2 Å². The van der Waals surface area contributed by atoms with E-state index >= 15 is 0 Å². The normalized spacial score (nSPS) is 19.4. The number of nitrogens with one attached hydrogen (secondary N) is 1. The first-order valence-corrected chi connectivity index (χ1v) is 17.8. The molecule has 0 radical (unpaired) electrons. The zero-order valence-corrected chi connectivity index (χ0v) is 29.7. The van der Waals surface area contributed by atoms with E-state index in [-0.39, 0.29) is 42.4 Å². The van der Waals surface area contributed by atoms with Gasteiger partial charge in [0.15, 0.2) is 6.29 Å². The third-order valence-electron chi connectivity index (χ3n) is 10.1. The number of aliphatic hydroxyl groups is 1. The lowest BCUT2D eigenvalue weighted by Crippen LogP contribution is -2.44. The van der Waals surface area contributed by atoms with Crippen molar-refractivity contribution >= 4 is 16.9 Å². The number of carbonyl (C=O) groups excluding carboxylic acids is 1. The Balaban J connectivity index is 1.06. The van der Waals surface area contributed by atoms with Crippen molar-refractivity contribution in [2.75, 3.05) is 13.6 Å². The van der Waals surface area contributed by atoms with Crippen molar-refractivity contribution in [3.63, 3.8) is 0 Å². The molecule has 8 nitrogen and oxygen atoms in total. The Bertz CT molecular complexity index is 2110. The molecular formula is C44H44N4O4. The average Bonchev–Trinajstić information content (AvgIpc) is 3.20. The van der Waals surface area contributed by atoms with Gasteiger partial charge in [-0.1, -0.05) is 116 Å². The summed E-state index contributed by atoms with van der Waals surface area (Å²) in [7, 11) is 2.15. The molecule has 2 N–H and O–H groups in total. The summed E-state index contributed by atoms with van der Waals surface area (Å²) in [5, 5.41) is 12.6. The molecule has 2 heterocycles. The molecule has 1 amide bonds. The number of carbonyl (C=O) groups is 1. The number of ether oxygens (including phenoxy) is 2. The molecule has 5 aromatic carbocycles. The molecule has 5 atom stereocenters. The molecule has 1 aliphatic heterocycles. The van der Waals surface area contributed by atoms with Gasteiger partial charge in [-0.3, -0.25) is 14.7 Å². The predicted molar refractivity (Wildman–Crippen MR) is 203 cm³/mol. The molecule has 0 spiro atoms. The van der Waals surface area contributed by atoms with Crippen molar-refractivity contribution in [2.45, 2.75) is 51.5 Å². The number of fused-ring (bicyclic) bond motifs is 1. The van der Waals surface area contributed by atoms with Gasteiger partial charge in [0.25, 0.3) is 5.91 Å². The Morgan fingerprint density at radius 3 is 2.27 bits per heavy atom. The molecule has 5 unspecified atom stereocenters. The maximum Gasteiger partial charge on any atom is 0.271 e. The smallest absolute Gasteiger partial charge is 0.271 e. The first-order valence-electron chi connectivity index (χ1n) is 17.8. The zero-order chi connectivity index (χ0) is 36.0. The Labute approximate surface area is 305 Å². The van der Waals surface area contributed by atoms with E-state index in [0.717, 1.165) is 45.4 Å². The molecule has 264 valence electrons. The van der Waals surface area contributed by atoms with Crippen LogP contribution in [0, 0.1) is 5.92 Å². The van der Waals surface area contributed by atoms with Gasteiger partial charge in [-0.25, -0.2) is 4.98 Å². The maximum atomic E-state index is 12.9. The fraction of sp³-hybridized carbons (Fsp3) is 0.250. The highest BCUT2D eigenvalue weighted by molar-refractivity contribution is 5.93. The van der Waals surface area contributed by atoms with Crippen molar-refractivity contribution in [3.8, 4) is 11.1 Å². The van der Waals surface area contributed by atoms with E-state index in [9.17, 15) is 9.90 Å². The third kappa shape index (κ3) is 7.96. The third-order valence-corrected chi connectivity index (χ3v) is 10.1. The lowest BCUT2D eigenvalue weighted by molar-refractivity contribution is -0.276. The van der Waals surface area contributed by atoms with Crippen LogP contribution in [0.5, 0.6) is 0 Å². The van der Waals surface area contributed by atoms with Gasteiger partial charge in [-0.05, 0) is 65.6 Å². The highest BCUT2D eigenvalue weighted by Gasteiger charge is 2.39. The molecule has 8 heteroatoms. The van der Waals surface area contributed by atoms with Gasteiger partial charge in [0.05, 0.1) is 36.0 Å². The van der Waals surface area contributed by atoms with Crippen LogP contribution in [0.4, 0.5) is 0 Å². The van der Waals surface area contributed by atoms with Crippen molar-refractivity contribution in [1.82, 2.24) is 20.2 Å². The average molecular weight is 693 g/mol. The molecule has 0 aliphatic carbocycles. The van der Waals surface area contributed by atoms with Crippen LogP contribution in [-0.2, 0) is 22.6 Å². The van der Waals surface area contributed by atoms with E-state index < -0.39 is 6.29 Å². The summed E-state index contributed by atoms with van der Waals surface area (Å²) in [5.74, 6) is -0.186. The van der Waals surface area contributed by atoms with Crippen molar-refractivity contribution in [2.24, 2.45) is 5.92 Å². The number of hydrogen-bond donors (Lipinski definition) is 2. The Morgan fingerprint density at radius 2 is 1.52 bits per heavy atom. The first-order chi connectivity index (χ1) is 25.4. The van der Waals surface area contributed by atoms with Crippen LogP contribution in [0.1, 0.15) is 70.6 Å². The SMILES string of the molecule is CC1C(CN(C)C(C)c2ccccc2)OC(c2ccc(-c3cccc(CNC(=O)c4cnc5ccccc5n4)c3)cc2)OC1c1ccc(CO)cc1. The van der Waals surface area contributed by atoms with Gasteiger partial charge < -0.3 is 19.9 Å². The molecule has 6 aromatic rings. The van der Waals surface area contributed by atoms with Crippen LogP contribution in [-0.4, -0.2) is 45.6 Å². The van der Waals surface area contributed by atoms with Crippen LogP contribution >= 0.6 is 0 Å². The lowest BCUT2D eigenvalue weighted by atomic mass is 9.89. The molecule has 52 heavy (non-hydrogen) atoms. The number of amides is 1. The number of nitrogens with zero attached hydrogens (tertiary/aromatic N) is 3. The summed E-state index contributed by atoms with van der Waals surface area (Å²) in [6.45, 7) is 5.52. The van der Waals surface area contributed by atoms with E-state index in [2.05, 4.69) is 114 Å². The summed E-state index contributed by atoms with van der Waals surface area (Å²) >= 11 is 0. The van der Waals surface area contributed by atoms with Crippen molar-refractivity contribution in [1.29, 1.82) is 0 Å². The van der Waals surface area contributed by atoms with Crippen LogP contribution in [0.2, 0.25) is 0 Å². The molecule has 1 saturated heterocycles. The number of aromatic nitrogens is 2. The molecule has 1 aliphatic rings. The van der Waals surface area contributed by atoms with Crippen LogP contribution in [0.15, 0.2) is 134 Å². The summed E-state index contributed by atoms with van der Waals surface area (Å²) in [4.78, 5) is 24.1. The molecular weight excluding hydrogens is 649 g/mol. The van der Waals surface area contributed by atoms with Gasteiger partial charge in [0.2, 0.25) is 0 Å². The summed E-state index contributed by atoms with van der Waals surface area (Å²) in [5.41, 5.74) is 8.93. The van der Waals surface area contributed by atoms with E-state index in [1.165, 1.54) is 11.8 Å². The Morgan fingerprint density at radius 1 is 0.808 bits per heavy atom. The number of likely N-dealkylation sites (N-methyl/N-ethyl adjacent to an activating group) is 1. The highest BCUT2D eigenvalue weighted by atomic mass is 16.7. The second-order valence-corrected chi connectivity index (χ2v) is 13.6. The summed E-state index contributed by atoms with van der Waals surface area (Å²) in [6, 6.07) is 42.7. The summed E-state index contributed by atoms with van der Waals surface area (Å²) < 4.78 is 13.5. The number of aliphatic hydroxyl groups excluding tert-OH is 1. The maximum absolute atomic E-state index is 12.9. The molecule has 1 aromatic heterocycles. The van der Waals surface area contributed by atoms with E-state index in [4.69, 9.17) is 9.47 Å². The topological polar surface area (TPSA) is 96.8 Å². The minimum atomic E-state index is -0.557. The van der Waals surface area contributed by atoms with Gasteiger partial charge in [-0.15, -0.1) is 0 Å². The van der Waals surface area contributed by atoms with Crippen molar-refractivity contribution in [3.05, 3.63) is 167 Å². The second kappa shape index (κ2) is 16.0. The number of hydrogen-bond acceptors (Lipinski definition) is 7. The second-order valence-electron chi connectivity index (χ2n) is 13.6. The van der Waals surface area contributed by atoms with Gasteiger partial charge in [0, 0.05) is 30.6 Å².